The second-order valence-electron chi connectivity index (χ2n) is 30.9. The summed E-state index contributed by atoms with van der Waals surface area (Å²) < 4.78 is 0. The van der Waals surface area contributed by atoms with E-state index in [9.17, 15) is 20.4 Å². The standard InChI is InChI=1S/C70H100O9/c1-62(2,3)45-33-41(34-46(57(45)75)63(4,5)6)25-29-53(71)61(79)70(54(72)30-26-42-35-47(64(7,8)9)58(76)48(36-42)65(10,11)12,55(73)31-27-43-37-49(66(13,14)15)59(77)50(38-43)67(16,17)18)56(74)32-28-44-39-51(68(19,20)21)60(78)52(40-44)69(22,23)24/h33-40,75-78H,25-32H2,1-24H3. The first-order chi connectivity index (χ1) is 35.5. The van der Waals surface area contributed by atoms with Crippen LogP contribution in [0, 0.1) is 5.41 Å². The first-order valence-electron chi connectivity index (χ1n) is 28.6. The molecule has 0 aliphatic rings. The van der Waals surface area contributed by atoms with E-state index in [1.807, 2.05) is 215 Å². The SMILES string of the molecule is CC(C)(C)c1cc(CCC(=O)C(=O)C(C(=O)CCc2cc(C(C)(C)C)c(O)c(C(C)(C)C)c2)(C(=O)CCc2cc(C(C)(C)C)c(O)c(C(C)(C)C)c2)C(=O)CCc2cc(C(C)(C)C)c(O)c(C(C)(C)C)c2)cc(C(C)(C)C)c1O. The van der Waals surface area contributed by atoms with Crippen molar-refractivity contribution in [2.24, 2.45) is 5.41 Å². The minimum Gasteiger partial charge on any atom is -0.507 e. The lowest BCUT2D eigenvalue weighted by Crippen LogP contribution is -2.55. The summed E-state index contributed by atoms with van der Waals surface area (Å²) in [5, 5.41) is 46.4. The first kappa shape index (κ1) is 65.9. The Kier molecular flexibility index (Phi) is 19.0. The number of benzene rings is 4. The summed E-state index contributed by atoms with van der Waals surface area (Å²) >= 11 is 0. The molecule has 0 aliphatic heterocycles. The van der Waals surface area contributed by atoms with Gasteiger partial charge < -0.3 is 20.4 Å². The molecule has 9 heteroatoms. The van der Waals surface area contributed by atoms with Crippen LogP contribution in [0.3, 0.4) is 0 Å². The fourth-order valence-corrected chi connectivity index (χ4v) is 10.7. The van der Waals surface area contributed by atoms with Crippen LogP contribution >= 0.6 is 0 Å². The highest BCUT2D eigenvalue weighted by molar-refractivity contribution is 6.55. The summed E-state index contributed by atoms with van der Waals surface area (Å²) in [5.41, 5.74) is 0.841. The molecule has 434 valence electrons. The van der Waals surface area contributed by atoms with Crippen molar-refractivity contribution in [3.63, 3.8) is 0 Å². The van der Waals surface area contributed by atoms with Crippen molar-refractivity contribution >= 4 is 28.9 Å². The molecular formula is C70H100O9. The molecule has 0 aliphatic carbocycles. The normalized spacial score (nSPS) is 13.4. The number of phenolic OH excluding ortho intramolecular Hbond substituents is 4. The average molecular weight is 1090 g/mol. The number of Topliss-reactive ketones (excluding diaryl/α,β-unsaturated/α-hetero) is 5. The third-order valence-corrected chi connectivity index (χ3v) is 15.6. The van der Waals surface area contributed by atoms with Gasteiger partial charge in [0.15, 0.2) is 17.3 Å². The lowest BCUT2D eigenvalue weighted by molar-refractivity contribution is -0.158. The zero-order valence-electron chi connectivity index (χ0n) is 53.1. The zero-order valence-corrected chi connectivity index (χ0v) is 53.1. The number of rotatable bonds is 17. The minimum atomic E-state index is -3.02. The Labute approximate surface area is 475 Å². The molecule has 0 saturated heterocycles. The maximum Gasteiger partial charge on any atom is 0.226 e. The fraction of sp³-hybridized carbons (Fsp3) is 0.586. The molecule has 4 aromatic carbocycles. The third kappa shape index (κ3) is 15.1. The van der Waals surface area contributed by atoms with E-state index in [1.165, 1.54) is 0 Å². The molecule has 0 atom stereocenters. The van der Waals surface area contributed by atoms with Gasteiger partial charge in [-0.3, -0.25) is 24.0 Å². The highest BCUT2D eigenvalue weighted by atomic mass is 16.3. The van der Waals surface area contributed by atoms with Crippen LogP contribution in [0.1, 0.15) is 259 Å². The Hall–Kier alpha value is -5.57. The van der Waals surface area contributed by atoms with Crippen molar-refractivity contribution < 1.29 is 44.4 Å². The van der Waals surface area contributed by atoms with Crippen LogP contribution in [-0.2, 0) is 93.0 Å². The van der Waals surface area contributed by atoms with E-state index < -0.39 is 103 Å². The Balaban J connectivity index is 2.05. The summed E-state index contributed by atoms with van der Waals surface area (Å²) in [6.45, 7) is 47.5. The molecule has 4 N–H and O–H groups in total. The monoisotopic (exact) mass is 1080 g/mol. The highest BCUT2D eigenvalue weighted by Crippen LogP contribution is 2.45. The largest absolute Gasteiger partial charge is 0.507 e. The maximum atomic E-state index is 15.8. The van der Waals surface area contributed by atoms with Gasteiger partial charge in [0.25, 0.3) is 0 Å². The minimum absolute atomic E-state index is 0.00256. The summed E-state index contributed by atoms with van der Waals surface area (Å²) in [5.74, 6) is -4.70. The van der Waals surface area contributed by atoms with E-state index in [0.29, 0.717) is 66.8 Å². The van der Waals surface area contributed by atoms with Crippen LogP contribution in [0.4, 0.5) is 0 Å². The molecule has 0 aromatic heterocycles. The molecule has 0 heterocycles. The molecular weight excluding hydrogens is 985 g/mol. The molecule has 0 fully saturated rings. The summed E-state index contributed by atoms with van der Waals surface area (Å²) in [7, 11) is 0. The van der Waals surface area contributed by atoms with Crippen molar-refractivity contribution in [3.8, 4) is 23.0 Å². The van der Waals surface area contributed by atoms with Crippen molar-refractivity contribution in [1.82, 2.24) is 0 Å². The summed E-state index contributed by atoms with van der Waals surface area (Å²) in [4.78, 5) is 78.2. The van der Waals surface area contributed by atoms with Crippen LogP contribution < -0.4 is 0 Å². The fourth-order valence-electron chi connectivity index (χ4n) is 10.7. The van der Waals surface area contributed by atoms with Crippen molar-refractivity contribution in [3.05, 3.63) is 115 Å². The number of aromatic hydroxyl groups is 4. The van der Waals surface area contributed by atoms with E-state index in [2.05, 4.69) is 0 Å². The maximum absolute atomic E-state index is 15.8. The predicted molar refractivity (Wildman–Crippen MR) is 323 cm³/mol. The van der Waals surface area contributed by atoms with Crippen LogP contribution in [0.15, 0.2) is 48.5 Å². The van der Waals surface area contributed by atoms with E-state index in [1.54, 1.807) is 0 Å². The molecule has 0 spiro atoms. The number of hydrogen-bond donors (Lipinski definition) is 4. The van der Waals surface area contributed by atoms with Gasteiger partial charge >= 0.3 is 0 Å². The first-order valence-corrected chi connectivity index (χ1v) is 28.6. The molecule has 9 nitrogen and oxygen atoms in total. The molecule has 0 unspecified atom stereocenters. The molecule has 0 radical (unpaired) electrons. The lowest BCUT2D eigenvalue weighted by Gasteiger charge is -2.30. The van der Waals surface area contributed by atoms with E-state index in [0.717, 1.165) is 0 Å². The van der Waals surface area contributed by atoms with Crippen molar-refractivity contribution in [1.29, 1.82) is 0 Å². The molecule has 79 heavy (non-hydrogen) atoms. The van der Waals surface area contributed by atoms with E-state index in [4.69, 9.17) is 0 Å². The number of carbonyl (C=O) groups excluding carboxylic acids is 5. The number of phenols is 4. The topological polar surface area (TPSA) is 166 Å². The average Bonchev–Trinajstić information content (AvgIpc) is 3.26. The molecule has 0 bridgehead atoms. The van der Waals surface area contributed by atoms with E-state index in [-0.39, 0.29) is 48.7 Å². The third-order valence-electron chi connectivity index (χ3n) is 15.6. The van der Waals surface area contributed by atoms with Crippen LogP contribution in [0.5, 0.6) is 23.0 Å². The van der Waals surface area contributed by atoms with Gasteiger partial charge in [-0.15, -0.1) is 0 Å². The van der Waals surface area contributed by atoms with Gasteiger partial charge in [-0.1, -0.05) is 215 Å². The quantitative estimate of drug-likeness (QED) is 0.0595. The Morgan fingerprint density at radius 1 is 0.278 bits per heavy atom. The lowest BCUT2D eigenvalue weighted by atomic mass is 9.66. The van der Waals surface area contributed by atoms with Gasteiger partial charge in [0.05, 0.1) is 0 Å². The Morgan fingerprint density at radius 2 is 0.430 bits per heavy atom. The van der Waals surface area contributed by atoms with Crippen LogP contribution in [0.2, 0.25) is 0 Å². The molecule has 4 aromatic rings. The van der Waals surface area contributed by atoms with Gasteiger partial charge in [0.1, 0.15) is 23.0 Å². The smallest absolute Gasteiger partial charge is 0.226 e. The number of carbonyl (C=O) groups is 5. The van der Waals surface area contributed by atoms with Gasteiger partial charge in [-0.2, -0.15) is 0 Å². The van der Waals surface area contributed by atoms with Gasteiger partial charge in [-0.25, -0.2) is 0 Å². The molecule has 0 amide bonds. The van der Waals surface area contributed by atoms with Crippen molar-refractivity contribution in [2.75, 3.05) is 0 Å². The van der Waals surface area contributed by atoms with Crippen LogP contribution in [0.25, 0.3) is 0 Å². The second-order valence-corrected chi connectivity index (χ2v) is 30.9. The molecule has 0 saturated carbocycles. The van der Waals surface area contributed by atoms with Gasteiger partial charge in [0.2, 0.25) is 17.0 Å². The summed E-state index contributed by atoms with van der Waals surface area (Å²) in [6, 6.07) is 14.7. The summed E-state index contributed by atoms with van der Waals surface area (Å²) in [6.07, 6.45) is -1.73. The molecule has 4 rings (SSSR count). The van der Waals surface area contributed by atoms with E-state index >= 15 is 24.0 Å². The number of hydrogen-bond acceptors (Lipinski definition) is 9. The second kappa shape index (κ2) is 22.8. The predicted octanol–water partition coefficient (Wildman–Crippen LogP) is 15.6. The zero-order chi connectivity index (χ0) is 60.9. The number of aryl methyl sites for hydroxylation is 4. The van der Waals surface area contributed by atoms with Gasteiger partial charge in [0, 0.05) is 25.7 Å². The number of ketones is 5. The Morgan fingerprint density at radius 3 is 0.582 bits per heavy atom. The van der Waals surface area contributed by atoms with Crippen LogP contribution in [-0.4, -0.2) is 49.3 Å². The van der Waals surface area contributed by atoms with Crippen molar-refractivity contribution in [2.45, 2.75) is 261 Å². The Bertz CT molecular complexity index is 2600. The highest BCUT2D eigenvalue weighted by Gasteiger charge is 2.58. The van der Waals surface area contributed by atoms with Gasteiger partial charge in [-0.05, 0) is 136 Å².